The molecule has 1 atom stereocenters. The van der Waals surface area contributed by atoms with Crippen molar-refractivity contribution in [1.82, 2.24) is 19.9 Å². The van der Waals surface area contributed by atoms with Gasteiger partial charge in [-0.1, -0.05) is 23.8 Å². The maximum Gasteiger partial charge on any atom is 0.328 e. The maximum absolute atomic E-state index is 13.6. The summed E-state index contributed by atoms with van der Waals surface area (Å²) < 4.78 is 19.1. The first kappa shape index (κ1) is 24.8. The first-order valence-corrected chi connectivity index (χ1v) is 13.5. The van der Waals surface area contributed by atoms with Gasteiger partial charge in [0.2, 0.25) is 5.95 Å². The minimum Gasteiger partial charge on any atom is -0.378 e. The second kappa shape index (κ2) is 10.3. The Balaban J connectivity index is 1.28. The SMILES string of the molecule is Nc1nccc(-c2nc(N3CCOCC3)sc2C2C=CC=C(N3CCN(c4ccc(F)cc4Cl)C3=O)C2)n1. The molecule has 3 aromatic rings. The Morgan fingerprint density at radius 3 is 2.71 bits per heavy atom. The molecule has 196 valence electrons. The molecule has 6 rings (SSSR count). The highest BCUT2D eigenvalue weighted by atomic mass is 35.5. The molecular formula is C26H25ClFN7O2S. The second-order valence-corrected chi connectivity index (χ2v) is 10.6. The maximum atomic E-state index is 13.6. The zero-order chi connectivity index (χ0) is 26.2. The summed E-state index contributed by atoms with van der Waals surface area (Å²) in [4.78, 5) is 33.5. The Labute approximate surface area is 228 Å². The lowest BCUT2D eigenvalue weighted by Crippen LogP contribution is -2.36. The van der Waals surface area contributed by atoms with Gasteiger partial charge in [0.05, 0.1) is 29.6 Å². The summed E-state index contributed by atoms with van der Waals surface area (Å²) in [6.45, 7) is 3.83. The Hall–Kier alpha value is -3.54. The molecule has 3 aliphatic rings. The van der Waals surface area contributed by atoms with Crippen LogP contribution in [0.15, 0.2) is 54.4 Å². The highest BCUT2D eigenvalue weighted by Crippen LogP contribution is 2.43. The van der Waals surface area contributed by atoms with Gasteiger partial charge in [0.1, 0.15) is 11.5 Å². The number of carbonyl (C=O) groups excluding carboxylic acids is 1. The third kappa shape index (κ3) is 4.72. The van der Waals surface area contributed by atoms with Crippen LogP contribution >= 0.6 is 22.9 Å². The van der Waals surface area contributed by atoms with Crippen LogP contribution in [0.4, 0.5) is 26.0 Å². The molecule has 2 N–H and O–H groups in total. The molecule has 0 saturated carbocycles. The van der Waals surface area contributed by atoms with Crippen LogP contribution < -0.4 is 15.5 Å². The van der Waals surface area contributed by atoms with E-state index in [4.69, 9.17) is 27.1 Å². The van der Waals surface area contributed by atoms with Gasteiger partial charge in [-0.25, -0.2) is 24.1 Å². The smallest absolute Gasteiger partial charge is 0.328 e. The van der Waals surface area contributed by atoms with Crippen molar-refractivity contribution in [2.75, 3.05) is 54.9 Å². The van der Waals surface area contributed by atoms with Crippen LogP contribution in [0.2, 0.25) is 5.02 Å². The predicted molar refractivity (Wildman–Crippen MR) is 146 cm³/mol. The number of nitrogen functional groups attached to an aromatic ring is 1. The molecule has 1 aliphatic carbocycles. The zero-order valence-corrected chi connectivity index (χ0v) is 22.0. The summed E-state index contributed by atoms with van der Waals surface area (Å²) in [5.41, 5.74) is 8.74. The minimum atomic E-state index is -0.438. The number of benzene rings is 1. The van der Waals surface area contributed by atoms with E-state index in [1.807, 2.05) is 18.2 Å². The zero-order valence-electron chi connectivity index (χ0n) is 20.4. The molecule has 0 bridgehead atoms. The molecule has 2 saturated heterocycles. The van der Waals surface area contributed by atoms with Gasteiger partial charge in [0, 0.05) is 48.9 Å². The van der Waals surface area contributed by atoms with E-state index in [0.29, 0.717) is 44.1 Å². The summed E-state index contributed by atoms with van der Waals surface area (Å²) in [5.74, 6) is -0.256. The second-order valence-electron chi connectivity index (χ2n) is 9.14. The van der Waals surface area contributed by atoms with Crippen molar-refractivity contribution in [3.05, 3.63) is 70.1 Å². The number of urea groups is 1. The Morgan fingerprint density at radius 1 is 1.11 bits per heavy atom. The van der Waals surface area contributed by atoms with Crippen molar-refractivity contribution >= 4 is 45.7 Å². The van der Waals surface area contributed by atoms with Crippen molar-refractivity contribution in [3.8, 4) is 11.4 Å². The topological polar surface area (TPSA) is 101 Å². The van der Waals surface area contributed by atoms with Gasteiger partial charge in [-0.2, -0.15) is 0 Å². The number of thiazole rings is 1. The van der Waals surface area contributed by atoms with E-state index in [-0.39, 0.29) is 22.9 Å². The van der Waals surface area contributed by atoms with Crippen molar-refractivity contribution < 1.29 is 13.9 Å². The Bertz CT molecular complexity index is 1440. The quantitative estimate of drug-likeness (QED) is 0.489. The lowest BCUT2D eigenvalue weighted by Gasteiger charge is -2.26. The number of aromatic nitrogens is 3. The minimum absolute atomic E-state index is 0.00950. The van der Waals surface area contributed by atoms with E-state index in [0.717, 1.165) is 34.5 Å². The third-order valence-electron chi connectivity index (χ3n) is 6.79. The molecule has 4 heterocycles. The van der Waals surface area contributed by atoms with Gasteiger partial charge in [-0.3, -0.25) is 9.80 Å². The van der Waals surface area contributed by atoms with Crippen molar-refractivity contribution in [2.24, 2.45) is 0 Å². The summed E-state index contributed by atoms with van der Waals surface area (Å²) in [6.07, 6.45) is 8.33. The summed E-state index contributed by atoms with van der Waals surface area (Å²) in [6, 6.07) is 5.72. The largest absolute Gasteiger partial charge is 0.378 e. The van der Waals surface area contributed by atoms with Crippen molar-refractivity contribution in [1.29, 1.82) is 0 Å². The third-order valence-corrected chi connectivity index (χ3v) is 8.35. The summed E-state index contributed by atoms with van der Waals surface area (Å²) in [7, 11) is 0. The lowest BCUT2D eigenvalue weighted by molar-refractivity contribution is 0.122. The summed E-state index contributed by atoms with van der Waals surface area (Å²) in [5, 5.41) is 1.12. The van der Waals surface area contributed by atoms with E-state index in [2.05, 4.69) is 20.9 Å². The highest BCUT2D eigenvalue weighted by Gasteiger charge is 2.35. The normalized spacial score (nSPS) is 19.8. The number of hydrogen-bond acceptors (Lipinski definition) is 8. The van der Waals surface area contributed by atoms with E-state index in [9.17, 15) is 9.18 Å². The average molecular weight is 554 g/mol. The van der Waals surface area contributed by atoms with E-state index in [1.165, 1.54) is 12.1 Å². The molecule has 38 heavy (non-hydrogen) atoms. The number of halogens is 2. The van der Waals surface area contributed by atoms with Crippen molar-refractivity contribution in [3.63, 3.8) is 0 Å². The molecule has 0 radical (unpaired) electrons. The number of ether oxygens (including phenoxy) is 1. The van der Waals surface area contributed by atoms with Crippen molar-refractivity contribution in [2.45, 2.75) is 12.3 Å². The van der Waals surface area contributed by atoms with Crippen LogP contribution in [0.5, 0.6) is 0 Å². The van der Waals surface area contributed by atoms with E-state index < -0.39 is 5.82 Å². The number of nitrogens with zero attached hydrogens (tertiary/aromatic N) is 6. The van der Waals surface area contributed by atoms with Gasteiger partial charge < -0.3 is 15.4 Å². The molecule has 12 heteroatoms. The molecule has 2 amide bonds. The first-order chi connectivity index (χ1) is 18.5. The number of anilines is 3. The molecule has 1 unspecified atom stereocenters. The van der Waals surface area contributed by atoms with Gasteiger partial charge in [0.25, 0.3) is 0 Å². The van der Waals surface area contributed by atoms with Crippen LogP contribution in [0.25, 0.3) is 11.4 Å². The van der Waals surface area contributed by atoms with Gasteiger partial charge in [-0.15, -0.1) is 11.3 Å². The summed E-state index contributed by atoms with van der Waals surface area (Å²) >= 11 is 7.88. The molecule has 2 aliphatic heterocycles. The van der Waals surface area contributed by atoms with Crippen LogP contribution in [-0.2, 0) is 4.74 Å². The van der Waals surface area contributed by atoms with E-state index >= 15 is 0 Å². The lowest BCUT2D eigenvalue weighted by atomic mass is 9.94. The average Bonchev–Trinajstić information content (AvgIpc) is 3.54. The molecule has 2 aromatic heterocycles. The fraction of sp³-hybridized carbons (Fsp3) is 0.308. The fourth-order valence-electron chi connectivity index (χ4n) is 4.92. The molecule has 9 nitrogen and oxygen atoms in total. The number of carbonyl (C=O) groups is 1. The number of nitrogens with two attached hydrogens (primary N) is 1. The number of morpholine rings is 1. The van der Waals surface area contributed by atoms with Gasteiger partial charge in [-0.05, 0) is 36.8 Å². The standard InChI is InChI=1S/C26H25ClFN7O2S/c27-19-15-17(28)4-5-21(19)35-9-8-34(26(35)36)18-3-1-2-16(14-18)23-22(20-6-7-30-24(29)31-20)32-25(38-23)33-10-12-37-13-11-33/h1-7,15-16H,8-14H2,(H2,29,30,31). The van der Waals surface area contributed by atoms with Crippen LogP contribution in [-0.4, -0.2) is 65.3 Å². The van der Waals surface area contributed by atoms with Crippen LogP contribution in [0.1, 0.15) is 17.2 Å². The molecule has 0 spiro atoms. The van der Waals surface area contributed by atoms with Gasteiger partial charge >= 0.3 is 6.03 Å². The molecule has 2 fully saturated rings. The number of amides is 2. The first-order valence-electron chi connectivity index (χ1n) is 12.3. The van der Waals surface area contributed by atoms with E-state index in [1.54, 1.807) is 33.4 Å². The van der Waals surface area contributed by atoms with Crippen LogP contribution in [0.3, 0.4) is 0 Å². The Kier molecular flexibility index (Phi) is 6.73. The Morgan fingerprint density at radius 2 is 1.92 bits per heavy atom. The predicted octanol–water partition coefficient (Wildman–Crippen LogP) is 4.68. The van der Waals surface area contributed by atoms with Gasteiger partial charge in [0.15, 0.2) is 5.13 Å². The molecule has 1 aromatic carbocycles. The number of allylic oxidation sites excluding steroid dienone is 4. The van der Waals surface area contributed by atoms with Crippen LogP contribution in [0, 0.1) is 5.82 Å². The molecular weight excluding hydrogens is 529 g/mol. The fourth-order valence-corrected chi connectivity index (χ4v) is 6.39. The monoisotopic (exact) mass is 553 g/mol. The highest BCUT2D eigenvalue weighted by molar-refractivity contribution is 7.16. The number of rotatable bonds is 5. The number of hydrogen-bond donors (Lipinski definition) is 1.